The van der Waals surface area contributed by atoms with Crippen LogP contribution in [-0.2, 0) is 11.4 Å². The number of hydrogen-bond acceptors (Lipinski definition) is 3. The van der Waals surface area contributed by atoms with E-state index in [2.05, 4.69) is 37.2 Å². The first-order valence-corrected chi connectivity index (χ1v) is 10.8. The van der Waals surface area contributed by atoms with E-state index in [1.807, 2.05) is 36.4 Å². The van der Waals surface area contributed by atoms with Crippen LogP contribution in [0.15, 0.2) is 81.2 Å². The summed E-state index contributed by atoms with van der Waals surface area (Å²) in [5, 5.41) is 12.5. The van der Waals surface area contributed by atoms with Gasteiger partial charge >= 0.3 is 0 Å². The number of amides is 1. The molecule has 4 nitrogen and oxygen atoms in total. The molecule has 0 aliphatic carbocycles. The van der Waals surface area contributed by atoms with Crippen molar-refractivity contribution < 1.29 is 9.53 Å². The van der Waals surface area contributed by atoms with E-state index in [1.54, 1.807) is 36.4 Å². The average Bonchev–Trinajstić information content (AvgIpc) is 2.73. The van der Waals surface area contributed by atoms with E-state index < -0.39 is 5.91 Å². The van der Waals surface area contributed by atoms with E-state index in [-0.39, 0.29) is 5.57 Å². The summed E-state index contributed by atoms with van der Waals surface area (Å²) in [5.41, 5.74) is 2.17. The van der Waals surface area contributed by atoms with Crippen LogP contribution in [0.5, 0.6) is 5.75 Å². The predicted octanol–water partition coefficient (Wildman–Crippen LogP) is 6.99. The molecule has 3 aromatic rings. The van der Waals surface area contributed by atoms with Gasteiger partial charge in [0.1, 0.15) is 18.2 Å². The topological polar surface area (TPSA) is 62.1 Å². The van der Waals surface area contributed by atoms with Gasteiger partial charge in [-0.1, -0.05) is 57.9 Å². The van der Waals surface area contributed by atoms with Crippen molar-refractivity contribution in [2.75, 3.05) is 5.32 Å². The molecule has 0 radical (unpaired) electrons. The number of carbonyl (C=O) groups excluding carboxylic acids is 1. The van der Waals surface area contributed by atoms with Crippen LogP contribution >= 0.6 is 43.5 Å². The van der Waals surface area contributed by atoms with Gasteiger partial charge in [-0.3, -0.25) is 4.79 Å². The minimum absolute atomic E-state index is 0.0367. The van der Waals surface area contributed by atoms with Crippen molar-refractivity contribution in [1.29, 1.82) is 5.26 Å². The summed E-state index contributed by atoms with van der Waals surface area (Å²) >= 11 is 13.2. The van der Waals surface area contributed by atoms with Gasteiger partial charge in [0, 0.05) is 10.2 Å². The Morgan fingerprint density at radius 2 is 1.80 bits per heavy atom. The van der Waals surface area contributed by atoms with Gasteiger partial charge in [0.2, 0.25) is 0 Å². The number of carbonyl (C=O) groups is 1. The standard InChI is InChI=1S/C23H15Br2ClN2O2/c24-18-8-6-15(7-9-18)14-30-22-20(25)11-16(12-21(22)26)10-17(13-27)23(29)28-19-4-2-1-3-5-19/h1-12H,14H2,(H,28,29)/b17-10-. The zero-order valence-electron chi connectivity index (χ0n) is 15.5. The second-order valence-corrected chi connectivity index (χ2v) is 8.40. The number of anilines is 1. The fourth-order valence-corrected chi connectivity index (χ4v) is 3.83. The number of halogens is 3. The lowest BCUT2D eigenvalue weighted by molar-refractivity contribution is -0.112. The normalized spacial score (nSPS) is 10.9. The van der Waals surface area contributed by atoms with Gasteiger partial charge in [0.05, 0.1) is 9.50 Å². The van der Waals surface area contributed by atoms with Crippen LogP contribution < -0.4 is 10.1 Å². The highest BCUT2D eigenvalue weighted by Crippen LogP contribution is 2.35. The first-order valence-electron chi connectivity index (χ1n) is 8.81. The second kappa shape index (κ2) is 10.4. The number of hydrogen-bond donors (Lipinski definition) is 1. The largest absolute Gasteiger partial charge is 0.486 e. The van der Waals surface area contributed by atoms with Crippen molar-refractivity contribution in [3.05, 3.63) is 97.4 Å². The minimum Gasteiger partial charge on any atom is -0.486 e. The van der Waals surface area contributed by atoms with Gasteiger partial charge in [-0.2, -0.15) is 5.26 Å². The second-order valence-electron chi connectivity index (χ2n) is 6.22. The molecule has 0 aliphatic rings. The van der Waals surface area contributed by atoms with Crippen molar-refractivity contribution >= 4 is 61.1 Å². The lowest BCUT2D eigenvalue weighted by Crippen LogP contribution is -2.13. The van der Waals surface area contributed by atoms with Crippen molar-refractivity contribution in [3.8, 4) is 11.8 Å². The zero-order chi connectivity index (χ0) is 21.5. The van der Waals surface area contributed by atoms with Crippen LogP contribution in [0.4, 0.5) is 5.69 Å². The molecule has 3 rings (SSSR count). The number of nitriles is 1. The Balaban J connectivity index is 1.76. The quantitative estimate of drug-likeness (QED) is 0.268. The van der Waals surface area contributed by atoms with E-state index in [1.165, 1.54) is 6.08 Å². The molecule has 0 bridgehead atoms. The molecule has 1 amide bonds. The smallest absolute Gasteiger partial charge is 0.266 e. The van der Waals surface area contributed by atoms with E-state index in [4.69, 9.17) is 16.3 Å². The Kier molecular flexibility index (Phi) is 7.69. The first kappa shape index (κ1) is 22.1. The Bertz CT molecular complexity index is 1100. The molecule has 0 aromatic heterocycles. The molecule has 0 saturated carbocycles. The lowest BCUT2D eigenvalue weighted by Gasteiger charge is -2.11. The molecular weight excluding hydrogens is 532 g/mol. The molecule has 3 aromatic carbocycles. The van der Waals surface area contributed by atoms with Gasteiger partial charge < -0.3 is 10.1 Å². The maximum absolute atomic E-state index is 12.4. The molecule has 0 heterocycles. The van der Waals surface area contributed by atoms with E-state index in [0.717, 1.165) is 10.0 Å². The summed E-state index contributed by atoms with van der Waals surface area (Å²) in [4.78, 5) is 12.4. The van der Waals surface area contributed by atoms with Crippen LogP contribution in [-0.4, -0.2) is 5.91 Å². The van der Waals surface area contributed by atoms with E-state index >= 15 is 0 Å². The number of ether oxygens (including phenoxy) is 1. The van der Waals surface area contributed by atoms with Gasteiger partial charge in [0.15, 0.2) is 5.75 Å². The van der Waals surface area contributed by atoms with Gasteiger partial charge in [0.25, 0.3) is 5.91 Å². The molecular formula is C23H15Br2ClN2O2. The van der Waals surface area contributed by atoms with Crippen LogP contribution in [0.25, 0.3) is 6.08 Å². The Morgan fingerprint density at radius 1 is 1.10 bits per heavy atom. The SMILES string of the molecule is N#C/C(=C/c1cc(Cl)c(OCc2ccc(Br)cc2)c(Br)c1)C(=O)Nc1ccccc1. The highest BCUT2D eigenvalue weighted by molar-refractivity contribution is 9.10. The third-order valence-electron chi connectivity index (χ3n) is 4.02. The maximum atomic E-state index is 12.4. The van der Waals surface area contributed by atoms with Crippen LogP contribution in [0.2, 0.25) is 5.02 Å². The van der Waals surface area contributed by atoms with Crippen LogP contribution in [0.1, 0.15) is 11.1 Å². The fraction of sp³-hybridized carbons (Fsp3) is 0.0435. The van der Waals surface area contributed by atoms with Crippen LogP contribution in [0, 0.1) is 11.3 Å². The molecule has 0 unspecified atom stereocenters. The molecule has 0 fully saturated rings. The third kappa shape index (κ3) is 5.96. The summed E-state index contributed by atoms with van der Waals surface area (Å²) in [6.45, 7) is 0.351. The van der Waals surface area contributed by atoms with Crippen molar-refractivity contribution in [2.45, 2.75) is 6.61 Å². The average molecular weight is 547 g/mol. The molecule has 0 aliphatic heterocycles. The Hall–Kier alpha value is -2.59. The summed E-state index contributed by atoms with van der Waals surface area (Å²) in [6, 6.07) is 22.0. The van der Waals surface area contributed by atoms with Crippen molar-refractivity contribution in [2.24, 2.45) is 0 Å². The highest BCUT2D eigenvalue weighted by atomic mass is 79.9. The number of nitrogens with one attached hydrogen (secondary N) is 1. The van der Waals surface area contributed by atoms with Gasteiger partial charge in [-0.15, -0.1) is 0 Å². The van der Waals surface area contributed by atoms with Gasteiger partial charge in [-0.05, 0) is 69.5 Å². The third-order valence-corrected chi connectivity index (χ3v) is 5.42. The molecule has 7 heteroatoms. The summed E-state index contributed by atoms with van der Waals surface area (Å²) in [5.74, 6) is -0.00418. The van der Waals surface area contributed by atoms with Crippen molar-refractivity contribution in [3.63, 3.8) is 0 Å². The number of para-hydroxylation sites is 1. The number of rotatable bonds is 6. The van der Waals surface area contributed by atoms with Crippen molar-refractivity contribution in [1.82, 2.24) is 0 Å². The zero-order valence-corrected chi connectivity index (χ0v) is 19.5. The fourth-order valence-electron chi connectivity index (χ4n) is 2.57. The van der Waals surface area contributed by atoms with Crippen LogP contribution in [0.3, 0.4) is 0 Å². The first-order chi connectivity index (χ1) is 14.5. The monoisotopic (exact) mass is 544 g/mol. The van der Waals surface area contributed by atoms with E-state index in [9.17, 15) is 10.1 Å². The maximum Gasteiger partial charge on any atom is 0.266 e. The summed E-state index contributed by atoms with van der Waals surface area (Å²) in [7, 11) is 0. The number of nitrogens with zero attached hydrogens (tertiary/aromatic N) is 1. The summed E-state index contributed by atoms with van der Waals surface area (Å²) < 4.78 is 7.46. The lowest BCUT2D eigenvalue weighted by atomic mass is 10.1. The Morgan fingerprint density at radius 3 is 2.43 bits per heavy atom. The van der Waals surface area contributed by atoms with Gasteiger partial charge in [-0.25, -0.2) is 0 Å². The Labute approximate surface area is 196 Å². The molecule has 0 saturated heterocycles. The molecule has 150 valence electrons. The molecule has 1 N–H and O–H groups in total. The minimum atomic E-state index is -0.494. The summed E-state index contributed by atoms with van der Waals surface area (Å²) in [6.07, 6.45) is 1.48. The molecule has 0 spiro atoms. The molecule has 30 heavy (non-hydrogen) atoms. The highest BCUT2D eigenvalue weighted by Gasteiger charge is 2.13. The molecule has 0 atom stereocenters. The number of benzene rings is 3. The van der Waals surface area contributed by atoms with E-state index in [0.29, 0.717) is 33.1 Å². The predicted molar refractivity (Wildman–Crippen MR) is 126 cm³/mol.